The Kier molecular flexibility index (Phi) is 11.4. The van der Waals surface area contributed by atoms with Gasteiger partial charge in [-0.15, -0.1) is 0 Å². The summed E-state index contributed by atoms with van der Waals surface area (Å²) in [4.78, 5) is 71.8. The van der Waals surface area contributed by atoms with E-state index < -0.39 is 24.3 Å². The molecule has 0 saturated carbocycles. The molecule has 5 N–H and O–H groups in total. The predicted octanol–water partition coefficient (Wildman–Crippen LogP) is 6.78. The minimum absolute atomic E-state index is 0.0932. The number of methoxy groups -OCH3 is 2. The number of carbonyl (C=O) groups excluding carboxylic acids is 3. The van der Waals surface area contributed by atoms with Gasteiger partial charge in [0.1, 0.15) is 36.1 Å². The van der Waals surface area contributed by atoms with E-state index in [4.69, 9.17) is 24.2 Å². The third-order valence-electron chi connectivity index (χ3n) is 12.4. The summed E-state index contributed by atoms with van der Waals surface area (Å²) in [6.07, 6.45) is 1.28. The summed E-state index contributed by atoms with van der Waals surface area (Å²) in [5.41, 5.74) is 6.41. The third kappa shape index (κ3) is 7.96. The fourth-order valence-corrected chi connectivity index (χ4v) is 9.32. The van der Waals surface area contributed by atoms with E-state index in [0.29, 0.717) is 50.8 Å². The van der Waals surface area contributed by atoms with Crippen molar-refractivity contribution in [2.45, 2.75) is 78.2 Å². The lowest BCUT2D eigenvalue weighted by Gasteiger charge is -2.30. The molecule has 5 heterocycles. The second-order valence-electron chi connectivity index (χ2n) is 17.4. The van der Waals surface area contributed by atoms with Gasteiger partial charge >= 0.3 is 12.2 Å². The first-order valence-corrected chi connectivity index (χ1v) is 21.0. The molecule has 4 amide bonds. The van der Waals surface area contributed by atoms with Gasteiger partial charge in [0.2, 0.25) is 11.8 Å². The van der Waals surface area contributed by atoms with E-state index in [2.05, 4.69) is 57.9 Å². The predicted molar refractivity (Wildman–Crippen MR) is 228 cm³/mol. The van der Waals surface area contributed by atoms with Crippen molar-refractivity contribution in [3.8, 4) is 28.1 Å². The third-order valence-corrected chi connectivity index (χ3v) is 12.4. The maximum atomic E-state index is 14.1. The first-order valence-electron chi connectivity index (χ1n) is 21.0. The van der Waals surface area contributed by atoms with Crippen LogP contribution >= 0.6 is 0 Å². The van der Waals surface area contributed by atoms with E-state index >= 15 is 0 Å². The van der Waals surface area contributed by atoms with Crippen LogP contribution in [0.3, 0.4) is 0 Å². The number of hydrogen-bond donors (Lipinski definition) is 5. The maximum absolute atomic E-state index is 14.1. The molecule has 16 nitrogen and oxygen atoms in total. The van der Waals surface area contributed by atoms with Gasteiger partial charge in [0, 0.05) is 37.1 Å². The number of ether oxygens (including phenoxy) is 3. The molecule has 2 fully saturated rings. The summed E-state index contributed by atoms with van der Waals surface area (Å²) in [6, 6.07) is 12.2. The van der Waals surface area contributed by atoms with Gasteiger partial charge in [-0.3, -0.25) is 9.59 Å². The monoisotopic (exact) mass is 834 g/mol. The normalized spacial score (nSPS) is 20.7. The highest BCUT2D eigenvalue weighted by Gasteiger charge is 2.42. The van der Waals surface area contributed by atoms with Gasteiger partial charge in [-0.05, 0) is 76.9 Å². The Morgan fingerprint density at radius 2 is 1.61 bits per heavy atom. The lowest BCUT2D eigenvalue weighted by molar-refractivity contribution is -0.136. The molecule has 16 heteroatoms. The van der Waals surface area contributed by atoms with Gasteiger partial charge in [-0.1, -0.05) is 52.8 Å². The molecule has 0 bridgehead atoms. The van der Waals surface area contributed by atoms with E-state index in [1.165, 1.54) is 7.11 Å². The number of benzene rings is 3. The highest BCUT2D eigenvalue weighted by molar-refractivity contribution is 6.07. The van der Waals surface area contributed by atoms with Gasteiger partial charge in [0.15, 0.2) is 0 Å². The molecular weight excluding hydrogens is 781 g/mol. The molecular formula is C45H54N8O8. The molecule has 3 aliphatic heterocycles. The van der Waals surface area contributed by atoms with Crippen LogP contribution in [0.25, 0.3) is 44.2 Å². The second kappa shape index (κ2) is 16.7. The van der Waals surface area contributed by atoms with Gasteiger partial charge in [0.05, 0.1) is 48.7 Å². The Bertz CT molecular complexity index is 2490. The lowest BCUT2D eigenvalue weighted by Crippen LogP contribution is -2.51. The number of hydrogen-bond acceptors (Lipinski definition) is 9. The first kappa shape index (κ1) is 41.6. The van der Waals surface area contributed by atoms with Crippen LogP contribution < -0.4 is 15.4 Å². The fraction of sp³-hybridized carbons (Fsp3) is 0.467. The van der Waals surface area contributed by atoms with Crippen LogP contribution in [0.15, 0.2) is 48.7 Å². The number of nitrogens with one attached hydrogen (secondary N) is 4. The van der Waals surface area contributed by atoms with E-state index in [1.54, 1.807) is 23.1 Å². The van der Waals surface area contributed by atoms with Gasteiger partial charge in [-0.2, -0.15) is 0 Å². The second-order valence-corrected chi connectivity index (χ2v) is 17.4. The number of likely N-dealkylation sites (tertiary alicyclic amines) is 2. The summed E-state index contributed by atoms with van der Waals surface area (Å²) >= 11 is 0. The number of fused-ring (bicyclic) bond motifs is 6. The molecule has 0 aliphatic carbocycles. The maximum Gasteiger partial charge on any atom is 0.407 e. The summed E-state index contributed by atoms with van der Waals surface area (Å²) in [6.45, 7) is 11.4. The molecule has 3 aliphatic rings. The van der Waals surface area contributed by atoms with Crippen molar-refractivity contribution in [2.75, 3.05) is 33.9 Å². The molecule has 0 unspecified atom stereocenters. The number of amides is 4. The zero-order chi connectivity index (χ0) is 43.3. The van der Waals surface area contributed by atoms with Crippen LogP contribution in [-0.4, -0.2) is 105 Å². The van der Waals surface area contributed by atoms with Crippen LogP contribution in [0.2, 0.25) is 0 Å². The van der Waals surface area contributed by atoms with Crippen molar-refractivity contribution in [3.05, 3.63) is 65.9 Å². The molecule has 2 aromatic heterocycles. The largest absolute Gasteiger partial charge is 0.488 e. The number of rotatable bonds is 11. The van der Waals surface area contributed by atoms with Crippen molar-refractivity contribution in [3.63, 3.8) is 0 Å². The van der Waals surface area contributed by atoms with Crippen LogP contribution in [-0.2, 0) is 25.7 Å². The topological polar surface area (TPSA) is 204 Å². The average molecular weight is 835 g/mol. The first-order chi connectivity index (χ1) is 29.2. The van der Waals surface area contributed by atoms with Gasteiger partial charge in [-0.25, -0.2) is 19.6 Å². The summed E-state index contributed by atoms with van der Waals surface area (Å²) in [5.74, 6) is 1.59. The van der Waals surface area contributed by atoms with Crippen molar-refractivity contribution < 1.29 is 38.5 Å². The summed E-state index contributed by atoms with van der Waals surface area (Å²) in [7, 11) is 2.94. The number of H-pyrrole nitrogens is 2. The van der Waals surface area contributed by atoms with Crippen LogP contribution in [0.4, 0.5) is 9.59 Å². The molecule has 3 aromatic carbocycles. The quantitative estimate of drug-likeness (QED) is 0.0943. The minimum atomic E-state index is -1.22. The standard InChI is InChI=1S/C45H54N8O8/c1-22(2)37(50-44(56)57)42(54)52-18-24(5)12-34(52)40-46-17-33(48-40)27-8-10-29-28(14-27)21-61-36-16-30-26(15-31(29)36)9-11-32-39(30)49-41(47-32)35-13-25(20-59-6)19-53(35)43(55)38(23(3)4)51-45(58)60-7/h8-11,14-17,22-25,34-35,37-38,50H,12-13,18-21H2,1-7H3,(H,46,48)(H,47,49)(H,51,58)(H,56,57)/t24-,25-,34-,35-,37-,38-/m0/s1. The van der Waals surface area contributed by atoms with E-state index in [9.17, 15) is 24.3 Å². The molecule has 6 atom stereocenters. The highest BCUT2D eigenvalue weighted by atomic mass is 16.5. The molecule has 8 rings (SSSR count). The Morgan fingerprint density at radius 3 is 2.31 bits per heavy atom. The van der Waals surface area contributed by atoms with Crippen molar-refractivity contribution in [1.82, 2.24) is 40.4 Å². The number of carbonyl (C=O) groups is 4. The smallest absolute Gasteiger partial charge is 0.407 e. The Labute approximate surface area is 353 Å². The fourth-order valence-electron chi connectivity index (χ4n) is 9.32. The number of carboxylic acid groups (broad SMARTS) is 1. The number of imidazole rings is 2. The van der Waals surface area contributed by atoms with Crippen LogP contribution in [0.5, 0.6) is 5.75 Å². The number of aromatic amines is 2. The number of aromatic nitrogens is 4. The molecule has 0 spiro atoms. The van der Waals surface area contributed by atoms with Crippen LogP contribution in [0, 0.1) is 23.7 Å². The zero-order valence-corrected chi connectivity index (χ0v) is 35.6. The molecule has 322 valence electrons. The van der Waals surface area contributed by atoms with Gasteiger partial charge in [0.25, 0.3) is 0 Å². The van der Waals surface area contributed by atoms with E-state index in [-0.39, 0.29) is 47.6 Å². The highest BCUT2D eigenvalue weighted by Crippen LogP contribution is 2.44. The summed E-state index contributed by atoms with van der Waals surface area (Å²) in [5, 5.41) is 16.5. The van der Waals surface area contributed by atoms with E-state index in [0.717, 1.165) is 55.5 Å². The number of alkyl carbamates (subject to hydrolysis) is 1. The van der Waals surface area contributed by atoms with Crippen molar-refractivity contribution >= 4 is 45.8 Å². The average Bonchev–Trinajstić information content (AvgIpc) is 4.06. The van der Waals surface area contributed by atoms with Gasteiger partial charge < -0.3 is 49.7 Å². The Balaban J connectivity index is 1.06. The Hall–Kier alpha value is -6.16. The minimum Gasteiger partial charge on any atom is -0.488 e. The summed E-state index contributed by atoms with van der Waals surface area (Å²) < 4.78 is 16.8. The van der Waals surface area contributed by atoms with E-state index in [1.807, 2.05) is 39.8 Å². The lowest BCUT2D eigenvalue weighted by atomic mass is 9.92. The SMILES string of the molecule is COC[C@H]1C[C@@H](c2nc3c(ccc4cc5c(cc43)OCc3cc(-c4cnc([C@@H]6C[C@H](C)CN6C(=O)[C@@H](NC(=O)O)C(C)C)[nH]4)ccc3-5)[nH]2)N(C(=O)[C@@H](NC(=O)OC)C(C)C)C1. The zero-order valence-electron chi connectivity index (χ0n) is 35.6. The van der Waals surface area contributed by atoms with Crippen molar-refractivity contribution in [2.24, 2.45) is 23.7 Å². The van der Waals surface area contributed by atoms with Crippen LogP contribution in [0.1, 0.15) is 76.8 Å². The number of nitrogens with zero attached hydrogens (tertiary/aromatic N) is 4. The molecule has 5 aromatic rings. The Morgan fingerprint density at radius 1 is 0.885 bits per heavy atom. The molecule has 2 saturated heterocycles. The molecule has 0 radical (unpaired) electrons. The van der Waals surface area contributed by atoms with Crippen molar-refractivity contribution in [1.29, 1.82) is 0 Å². The molecule has 61 heavy (non-hydrogen) atoms.